The summed E-state index contributed by atoms with van der Waals surface area (Å²) in [6.45, 7) is 4.37. The van der Waals surface area contributed by atoms with Crippen LogP contribution in [0.25, 0.3) is 0 Å². The topological polar surface area (TPSA) is 110 Å². The van der Waals surface area contributed by atoms with Gasteiger partial charge < -0.3 is 14.8 Å². The van der Waals surface area contributed by atoms with Crippen molar-refractivity contribution in [1.29, 1.82) is 0 Å². The molecule has 2 N–H and O–H groups in total. The third-order valence-electron chi connectivity index (χ3n) is 4.48. The Morgan fingerprint density at radius 2 is 1.73 bits per heavy atom. The molecule has 3 rings (SSSR count). The summed E-state index contributed by atoms with van der Waals surface area (Å²) >= 11 is 0.921. The molecule has 0 aliphatic carbocycles. The van der Waals surface area contributed by atoms with E-state index in [1.54, 1.807) is 31.2 Å². The highest BCUT2D eigenvalue weighted by atomic mass is 32.2. The maximum absolute atomic E-state index is 13.1. The van der Waals surface area contributed by atoms with Crippen LogP contribution in [0.2, 0.25) is 0 Å². The van der Waals surface area contributed by atoms with E-state index in [1.165, 1.54) is 11.9 Å². The number of hydrogen-bond donors (Lipinski definition) is 2. The maximum Gasteiger partial charge on any atom is 0.328 e. The standard InChI is InChI=1S/C22H26N4O5S2/c1-4-30-19-12-10-17(11-13-19)25-21(27)26(14-15-31-18-8-6-5-7-9-18)22-24-16(2)20(32-22)33(28,29)23-3/h5-13,23H,4,14-15H2,1-3H3,(H,25,27). The Kier molecular flexibility index (Phi) is 8.26. The van der Waals surface area contributed by atoms with E-state index in [1.807, 2.05) is 37.3 Å². The van der Waals surface area contributed by atoms with Crippen molar-refractivity contribution in [2.45, 2.75) is 18.1 Å². The fourth-order valence-electron chi connectivity index (χ4n) is 2.87. The molecule has 0 aliphatic rings. The molecule has 3 aromatic rings. The quantitative estimate of drug-likeness (QED) is 0.446. The van der Waals surface area contributed by atoms with E-state index in [2.05, 4.69) is 15.0 Å². The smallest absolute Gasteiger partial charge is 0.328 e. The van der Waals surface area contributed by atoms with Crippen LogP contribution >= 0.6 is 11.3 Å². The van der Waals surface area contributed by atoms with E-state index in [4.69, 9.17) is 9.47 Å². The average molecular weight is 491 g/mol. The van der Waals surface area contributed by atoms with Crippen LogP contribution in [0.4, 0.5) is 15.6 Å². The second kappa shape index (κ2) is 11.1. The van der Waals surface area contributed by atoms with Gasteiger partial charge in [-0.3, -0.25) is 4.90 Å². The minimum atomic E-state index is -3.70. The number of anilines is 2. The first-order chi connectivity index (χ1) is 15.8. The fourth-order valence-corrected chi connectivity index (χ4v) is 5.23. The molecule has 9 nitrogen and oxygen atoms in total. The van der Waals surface area contributed by atoms with Gasteiger partial charge in [0, 0.05) is 5.69 Å². The predicted molar refractivity (Wildman–Crippen MR) is 129 cm³/mol. The van der Waals surface area contributed by atoms with Gasteiger partial charge >= 0.3 is 6.03 Å². The molecule has 2 aromatic carbocycles. The zero-order chi connectivity index (χ0) is 23.8. The number of benzene rings is 2. The lowest BCUT2D eigenvalue weighted by atomic mass is 10.3. The predicted octanol–water partition coefficient (Wildman–Crippen LogP) is 3.88. The summed E-state index contributed by atoms with van der Waals surface area (Å²) < 4.78 is 38.1. The van der Waals surface area contributed by atoms with Crippen molar-refractivity contribution in [3.05, 3.63) is 60.3 Å². The van der Waals surface area contributed by atoms with Gasteiger partial charge in [0.25, 0.3) is 10.0 Å². The number of ether oxygens (including phenoxy) is 2. The molecule has 1 aromatic heterocycles. The van der Waals surface area contributed by atoms with Gasteiger partial charge in [-0.25, -0.2) is 22.9 Å². The zero-order valence-corrected chi connectivity index (χ0v) is 20.2. The van der Waals surface area contributed by atoms with Crippen molar-refractivity contribution in [3.8, 4) is 11.5 Å². The highest BCUT2D eigenvalue weighted by Crippen LogP contribution is 2.30. The summed E-state index contributed by atoms with van der Waals surface area (Å²) in [5, 5.41) is 3.07. The third kappa shape index (κ3) is 6.44. The second-order valence-corrected chi connectivity index (χ2v) is 9.84. The van der Waals surface area contributed by atoms with Crippen molar-refractivity contribution in [2.75, 3.05) is 37.0 Å². The Labute approximate surface area is 197 Å². The number of carbonyl (C=O) groups excluding carboxylic acids is 1. The second-order valence-electron chi connectivity index (χ2n) is 6.78. The molecule has 0 atom stereocenters. The van der Waals surface area contributed by atoms with Crippen molar-refractivity contribution in [3.63, 3.8) is 0 Å². The lowest BCUT2D eigenvalue weighted by molar-refractivity contribution is 0.253. The summed E-state index contributed by atoms with van der Waals surface area (Å²) in [4.78, 5) is 18.8. The Morgan fingerprint density at radius 1 is 1.06 bits per heavy atom. The van der Waals surface area contributed by atoms with Gasteiger partial charge in [0.1, 0.15) is 18.1 Å². The van der Waals surface area contributed by atoms with Gasteiger partial charge in [0.2, 0.25) is 0 Å². The number of amides is 2. The average Bonchev–Trinajstić information content (AvgIpc) is 3.21. The Hall–Kier alpha value is -3.15. The number of aromatic nitrogens is 1. The number of hydrogen-bond acceptors (Lipinski definition) is 7. The number of sulfonamides is 1. The van der Waals surface area contributed by atoms with Gasteiger partial charge in [-0.2, -0.15) is 0 Å². The van der Waals surface area contributed by atoms with E-state index in [-0.39, 0.29) is 22.5 Å². The molecule has 0 unspecified atom stereocenters. The van der Waals surface area contributed by atoms with Crippen molar-refractivity contribution < 1.29 is 22.7 Å². The van der Waals surface area contributed by atoms with E-state index < -0.39 is 16.1 Å². The van der Waals surface area contributed by atoms with Crippen LogP contribution in [0.3, 0.4) is 0 Å². The molecule has 0 aliphatic heterocycles. The van der Waals surface area contributed by atoms with E-state index in [9.17, 15) is 13.2 Å². The third-order valence-corrected chi connectivity index (χ3v) is 7.68. The molecule has 0 radical (unpaired) electrons. The van der Waals surface area contributed by atoms with Gasteiger partial charge in [-0.15, -0.1) is 0 Å². The van der Waals surface area contributed by atoms with Crippen molar-refractivity contribution >= 4 is 38.2 Å². The molecule has 33 heavy (non-hydrogen) atoms. The molecule has 0 saturated carbocycles. The molecule has 176 valence electrons. The number of para-hydroxylation sites is 1. The monoisotopic (exact) mass is 490 g/mol. The lowest BCUT2D eigenvalue weighted by Gasteiger charge is -2.21. The van der Waals surface area contributed by atoms with E-state index >= 15 is 0 Å². The lowest BCUT2D eigenvalue weighted by Crippen LogP contribution is -2.38. The summed E-state index contributed by atoms with van der Waals surface area (Å²) in [5.74, 6) is 1.36. The maximum atomic E-state index is 13.1. The number of urea groups is 1. The van der Waals surface area contributed by atoms with Crippen LogP contribution in [0.1, 0.15) is 12.6 Å². The van der Waals surface area contributed by atoms with E-state index in [0.717, 1.165) is 11.3 Å². The van der Waals surface area contributed by atoms with Crippen LogP contribution < -0.4 is 24.4 Å². The summed E-state index contributed by atoms with van der Waals surface area (Å²) in [7, 11) is -2.37. The number of aryl methyl sites for hydroxylation is 1. The molecule has 1 heterocycles. The number of carbonyl (C=O) groups is 1. The first-order valence-corrected chi connectivity index (χ1v) is 12.5. The Morgan fingerprint density at radius 3 is 2.36 bits per heavy atom. The number of nitrogens with one attached hydrogen (secondary N) is 2. The molecule has 0 spiro atoms. The summed E-state index contributed by atoms with van der Waals surface area (Å²) in [6.07, 6.45) is 0. The molecule has 0 fully saturated rings. The molecule has 11 heteroatoms. The molecule has 0 saturated heterocycles. The van der Waals surface area contributed by atoms with Crippen LogP contribution in [0.5, 0.6) is 11.5 Å². The van der Waals surface area contributed by atoms with Crippen molar-refractivity contribution in [2.24, 2.45) is 0 Å². The van der Waals surface area contributed by atoms with E-state index in [0.29, 0.717) is 29.5 Å². The Bertz CT molecular complexity index is 1170. The minimum absolute atomic E-state index is 0.0582. The van der Waals surface area contributed by atoms with Crippen LogP contribution in [0, 0.1) is 6.92 Å². The van der Waals surface area contributed by atoms with Gasteiger partial charge in [0.15, 0.2) is 9.34 Å². The number of thiazole rings is 1. The summed E-state index contributed by atoms with van der Waals surface area (Å²) in [6, 6.07) is 15.7. The number of rotatable bonds is 10. The number of nitrogens with zero attached hydrogens (tertiary/aromatic N) is 2. The van der Waals surface area contributed by atoms with Gasteiger partial charge in [-0.05, 0) is 57.3 Å². The molecular weight excluding hydrogens is 464 g/mol. The van der Waals surface area contributed by atoms with Crippen LogP contribution in [0.15, 0.2) is 58.8 Å². The SMILES string of the molecule is CCOc1ccc(NC(=O)N(CCOc2ccccc2)c2nc(C)c(S(=O)(=O)NC)s2)cc1. The first kappa shape index (κ1) is 24.5. The summed E-state index contributed by atoms with van der Waals surface area (Å²) in [5.41, 5.74) is 0.876. The normalized spacial score (nSPS) is 11.1. The van der Waals surface area contributed by atoms with Gasteiger partial charge in [-0.1, -0.05) is 29.5 Å². The molecular formula is C22H26N4O5S2. The highest BCUT2D eigenvalue weighted by Gasteiger charge is 2.26. The zero-order valence-electron chi connectivity index (χ0n) is 18.6. The van der Waals surface area contributed by atoms with Crippen LogP contribution in [-0.4, -0.2) is 46.2 Å². The Balaban J connectivity index is 1.81. The molecule has 0 bridgehead atoms. The van der Waals surface area contributed by atoms with Gasteiger partial charge in [0.05, 0.1) is 18.8 Å². The fraction of sp³-hybridized carbons (Fsp3) is 0.273. The highest BCUT2D eigenvalue weighted by molar-refractivity contribution is 7.91. The van der Waals surface area contributed by atoms with Crippen LogP contribution in [-0.2, 0) is 10.0 Å². The first-order valence-electron chi connectivity index (χ1n) is 10.2. The minimum Gasteiger partial charge on any atom is -0.494 e. The molecule has 2 amide bonds. The largest absolute Gasteiger partial charge is 0.494 e. The van der Waals surface area contributed by atoms with Crippen molar-refractivity contribution in [1.82, 2.24) is 9.71 Å².